The molecular weight excluding hydrogens is 1530 g/mol. The Hall–Kier alpha value is 2.91. The summed E-state index contributed by atoms with van der Waals surface area (Å²) in [6, 6.07) is 0. The number of aliphatic hydroxyl groups excluding tert-OH is 6. The topological polar surface area (TPSA) is 377 Å². The van der Waals surface area contributed by atoms with E-state index >= 15 is 0 Å². The number of carbonyl (C=O) groups excluding carboxylic acids is 3. The van der Waals surface area contributed by atoms with Gasteiger partial charge >= 0.3 is 148 Å². The molecule has 12 rings (SSSR count). The van der Waals surface area contributed by atoms with Crippen molar-refractivity contribution in [2.75, 3.05) is 18.9 Å². The maximum absolute atomic E-state index is 12.2. The minimum absolute atomic E-state index is 0. The van der Waals surface area contributed by atoms with Crippen LogP contribution in [-0.2, 0) is 39.1 Å². The van der Waals surface area contributed by atoms with E-state index < -0.39 is 44.3 Å². The summed E-state index contributed by atoms with van der Waals surface area (Å²) in [5.41, 5.74) is 0.0557. The van der Waals surface area contributed by atoms with Gasteiger partial charge in [-0.25, -0.2) is 16.8 Å². The summed E-state index contributed by atoms with van der Waals surface area (Å²) in [7, 11) is -8.81. The molecule has 0 aromatic carbocycles. The van der Waals surface area contributed by atoms with Crippen LogP contribution in [0.15, 0.2) is 0 Å². The Morgan fingerprint density at radius 3 is 1.27 bits per heavy atom. The molecule has 113 heavy (non-hydrogen) atoms. The second-order valence-corrected chi connectivity index (χ2v) is 42.2. The molecule has 12 fully saturated rings. The van der Waals surface area contributed by atoms with Gasteiger partial charge in [0.25, 0.3) is 0 Å². The van der Waals surface area contributed by atoms with Gasteiger partial charge in [-0.2, -0.15) is 0 Å². The Labute approximate surface area is 793 Å². The van der Waals surface area contributed by atoms with Gasteiger partial charge in [-0.3, -0.25) is 8.98 Å². The van der Waals surface area contributed by atoms with Crippen LogP contribution in [0.4, 0.5) is 0 Å². The fourth-order valence-electron chi connectivity index (χ4n) is 28.2. The van der Waals surface area contributed by atoms with Crippen LogP contribution >= 0.6 is 0 Å². The fourth-order valence-corrected chi connectivity index (χ4v) is 28.9. The number of unbranched alkanes of at least 4 members (excludes halogenated alkanes) is 9. The van der Waals surface area contributed by atoms with E-state index in [0.29, 0.717) is 109 Å². The van der Waals surface area contributed by atoms with E-state index in [-0.39, 0.29) is 278 Å². The molecule has 0 heterocycles. The average molecular weight is 1680 g/mol. The molecule has 0 bridgehead atoms. The maximum Gasteiger partial charge on any atom is 1.00 e. The van der Waals surface area contributed by atoms with E-state index in [1.54, 1.807) is 0 Å². The molecule has 7 N–H and O–H groups in total. The van der Waals surface area contributed by atoms with Crippen molar-refractivity contribution in [1.82, 2.24) is 5.32 Å². The van der Waals surface area contributed by atoms with Crippen molar-refractivity contribution < 1.29 is 238 Å². The molecule has 27 heteroatoms. The van der Waals surface area contributed by atoms with Crippen molar-refractivity contribution >= 4 is 38.4 Å². The Balaban J connectivity index is 0.000000320. The predicted octanol–water partition coefficient (Wildman–Crippen LogP) is -3.92. The standard InChI is InChI=1S/C26H45NO6S.C24H40O5.C24H39O4.C12H26O4S.5Na/c1-16(4-9-24(30)27-12-13-34(31,32)33)20-7-8-21-19-6-5-17-14-18(28)10-11-25(17,2)22(19)15-23(29)26(20,21)3;1-13(4-7-21(28)29)16-5-6-17-22-18(12-20(27)24(16,17)3)23(2)9-8-15(25)10-14(23)11-19(22)26;1-14(4-9-22(27)28)18-7-8-19-17-6-5-15-12-16(25)10-11-23(15,2)20(17)13-21(26)24(18,19)3;1-2-3-4-5-6-7-8-9-10-11-12-16-17(13,14)15;;;;;/h16-23,28-29H,4-15H2,1-3H3,(H,27,30)(H,31,32,33);13-20,22,25-27H,4-12H2,1-3H3,(H,28,29);14-21,26H,4-13H2,1-3H3,(H,27,28);2-12H2,1H3,(H,13,14,15);;;;;/q;;-1;;5*+1/p-4/t16-,17?,18-,19?,20-,21?,22?,23+,25+,26-;13-,14+,15-,16-,17?,18?,19-,20+,22?,23+,24-;14-,15-,16-,17?,18-,19?,20?,21+,23+,24-;;;;;;/m111....../s1. The van der Waals surface area contributed by atoms with Crippen LogP contribution in [0.2, 0.25) is 0 Å². The van der Waals surface area contributed by atoms with Crippen molar-refractivity contribution in [3.63, 3.8) is 0 Å². The molecule has 0 aromatic rings. The number of carboxylic acids is 2. The van der Waals surface area contributed by atoms with Crippen molar-refractivity contribution in [3.8, 4) is 0 Å². The summed E-state index contributed by atoms with van der Waals surface area (Å²) in [4.78, 5) is 34.1. The average Bonchev–Trinajstić information content (AvgIpc) is 1.68. The van der Waals surface area contributed by atoms with Gasteiger partial charge in [0, 0.05) is 24.9 Å². The van der Waals surface area contributed by atoms with Crippen LogP contribution in [0, 0.1) is 139 Å². The Kier molecular flexibility index (Phi) is 44.6. The molecule has 12 aliphatic carbocycles. The SMILES string of the molecule is CCCCCCCCCCCCOS(=O)(=O)[O-].C[C@H](CCC(=O)NCCS(=O)(=O)[O-])[C@H]1CCC2C3CCC4C[C@H](O)CC[C@]4(C)C3C[C@H](O)[C@@]21C.C[C@H](CCC(=O)[O-])[C@H]1CCC2C3C(C[C@H](O)[C@@]21C)[C@@]1(C)CC[C@@H](O)C[C@H]1C[C@H]3O.C[C@H](CCC(=O)[O-])[C@H]1CCC2C3CC[C@@H]4C[C@H]([O-])CC[C@]4(C)C3C[C@H](O)[C@@]21C.[Na+].[Na+].[Na+].[Na+].[Na+]. The van der Waals surface area contributed by atoms with Gasteiger partial charge in [0.1, 0.15) is 0 Å². The van der Waals surface area contributed by atoms with Gasteiger partial charge in [-0.05, 0) is 312 Å². The first-order valence-electron chi connectivity index (χ1n) is 43.6. The van der Waals surface area contributed by atoms with Crippen LogP contribution in [0.1, 0.15) is 320 Å². The number of fused-ring (bicyclic) bond motifs is 15. The first-order valence-corrected chi connectivity index (χ1v) is 46.5. The molecule has 0 spiro atoms. The van der Waals surface area contributed by atoms with E-state index in [2.05, 4.69) is 78.7 Å². The number of rotatable bonds is 27. The number of aliphatic carboxylic acids is 2. The monoisotopic (exact) mass is 1680 g/mol. The van der Waals surface area contributed by atoms with Crippen molar-refractivity contribution in [1.29, 1.82) is 0 Å². The Morgan fingerprint density at radius 1 is 0.451 bits per heavy atom. The Bertz CT molecular complexity index is 3170. The number of hydrogen-bond acceptors (Lipinski definition) is 19. The summed E-state index contributed by atoms with van der Waals surface area (Å²) in [6.07, 6.45) is 34.6. The zero-order chi connectivity index (χ0) is 79.3. The molecule has 0 aliphatic heterocycles. The van der Waals surface area contributed by atoms with E-state index in [1.807, 2.05) is 0 Å². The molecule has 0 radical (unpaired) electrons. The molecule has 0 aromatic heterocycles. The van der Waals surface area contributed by atoms with Gasteiger partial charge in [-0.1, -0.05) is 140 Å². The molecule has 1 amide bonds. The number of amides is 1. The molecule has 12 saturated carbocycles. The van der Waals surface area contributed by atoms with Gasteiger partial charge in [0.15, 0.2) is 0 Å². The second-order valence-electron chi connectivity index (χ2n) is 39.6. The quantitative estimate of drug-likeness (QED) is 0.0179. The first-order chi connectivity index (χ1) is 50.7. The number of carbonyl (C=O) groups is 3. The zero-order valence-corrected chi connectivity index (χ0v) is 84.6. The van der Waals surface area contributed by atoms with Crippen LogP contribution in [0.3, 0.4) is 0 Å². The van der Waals surface area contributed by atoms with Gasteiger partial charge in [0.2, 0.25) is 16.3 Å². The third-order valence-corrected chi connectivity index (χ3v) is 35.5. The smallest absolute Gasteiger partial charge is 0.852 e. The van der Waals surface area contributed by atoms with E-state index in [1.165, 1.54) is 77.0 Å². The molecule has 10 unspecified atom stereocenters. The van der Waals surface area contributed by atoms with Crippen LogP contribution in [0.5, 0.6) is 0 Å². The maximum atomic E-state index is 12.2. The molecule has 0 saturated heterocycles. The molecule has 12 aliphatic rings. The van der Waals surface area contributed by atoms with E-state index in [0.717, 1.165) is 128 Å². The summed E-state index contributed by atoms with van der Waals surface area (Å²) in [5, 5.41) is 103. The number of nitrogens with one attached hydrogen (secondary N) is 1. The normalized spacial score (nSPS) is 41.7. The van der Waals surface area contributed by atoms with Crippen LogP contribution in [-0.4, -0.2) is 136 Å². The summed E-state index contributed by atoms with van der Waals surface area (Å²) >= 11 is 0. The van der Waals surface area contributed by atoms with E-state index in [4.69, 9.17) is 0 Å². The minimum atomic E-state index is -4.48. The number of carboxylic acid groups (broad SMARTS) is 2. The van der Waals surface area contributed by atoms with Gasteiger partial charge < -0.3 is 70.0 Å². The largest absolute Gasteiger partial charge is 1.00 e. The first kappa shape index (κ1) is 108. The van der Waals surface area contributed by atoms with E-state index in [9.17, 15) is 86.3 Å². The summed E-state index contributed by atoms with van der Waals surface area (Å²) in [5.74, 6) is 4.77. The van der Waals surface area contributed by atoms with Crippen molar-refractivity contribution in [3.05, 3.63) is 0 Å². The third kappa shape index (κ3) is 25.5. The Morgan fingerprint density at radius 2 is 0.832 bits per heavy atom. The van der Waals surface area contributed by atoms with Crippen LogP contribution < -0.4 is 168 Å². The summed E-state index contributed by atoms with van der Waals surface area (Å²) in [6.45, 7) is 22.6. The molecule has 31 atom stereocenters. The molecule has 626 valence electrons. The molecular formula is C86H146NNa5O19S2. The number of aliphatic hydroxyl groups is 6. The van der Waals surface area contributed by atoms with Crippen molar-refractivity contribution in [2.24, 2.45) is 139 Å². The predicted molar refractivity (Wildman–Crippen MR) is 407 cm³/mol. The van der Waals surface area contributed by atoms with Gasteiger partial charge in [-0.15, -0.1) is 6.10 Å². The molecule has 20 nitrogen and oxygen atoms in total. The fraction of sp³-hybridized carbons (Fsp3) is 0.965. The second kappa shape index (κ2) is 46.6. The zero-order valence-electron chi connectivity index (χ0n) is 72.9. The number of hydrogen-bond donors (Lipinski definition) is 7. The van der Waals surface area contributed by atoms with Crippen molar-refractivity contribution in [2.45, 2.75) is 362 Å². The third-order valence-electron chi connectivity index (χ3n) is 34.3. The minimum Gasteiger partial charge on any atom is -0.852 e. The van der Waals surface area contributed by atoms with Gasteiger partial charge in [0.05, 0.1) is 59.1 Å². The van der Waals surface area contributed by atoms with Crippen LogP contribution in [0.25, 0.3) is 0 Å². The summed E-state index contributed by atoms with van der Waals surface area (Å²) < 4.78 is 66.6.